The highest BCUT2D eigenvalue weighted by Gasteiger charge is 2.40. The lowest BCUT2D eigenvalue weighted by Gasteiger charge is -2.25. The number of carboxylic acid groups (broad SMARTS) is 1. The first kappa shape index (κ1) is 28.2. The lowest BCUT2D eigenvalue weighted by Crippen LogP contribution is -2.51. The van der Waals surface area contributed by atoms with Crippen LogP contribution in [-0.4, -0.2) is 79.7 Å². The first-order valence-corrected chi connectivity index (χ1v) is 14.4. The Labute approximate surface area is 227 Å². The van der Waals surface area contributed by atoms with E-state index in [1.54, 1.807) is 42.5 Å². The van der Waals surface area contributed by atoms with Crippen LogP contribution in [0.1, 0.15) is 30.4 Å². The van der Waals surface area contributed by atoms with E-state index >= 15 is 0 Å². The van der Waals surface area contributed by atoms with Crippen LogP contribution in [0.4, 0.5) is 0 Å². The van der Waals surface area contributed by atoms with Crippen LogP contribution in [0.3, 0.4) is 0 Å². The standard InChI is InChI=1S/C27H33N5O6S/c33-21(18-30-27-28-13-5-14-29-27)16-19-9-11-20(12-10-19)17-23(26(35)36)31-25(34)24-8-4-15-32(24)39(37,38)22-6-2-1-3-7-22/h1-3,6-7,9-12,23-24H,4-5,8,13-18H2,(H,31,34)(H,35,36)(H2,28,29,30)/t23?,24-/m0/s1. The quantitative estimate of drug-likeness (QED) is 0.316. The van der Waals surface area contributed by atoms with E-state index in [0.717, 1.165) is 29.4 Å². The molecular weight excluding hydrogens is 522 g/mol. The molecule has 12 heteroatoms. The number of ketones is 1. The second kappa shape index (κ2) is 12.9. The maximum absolute atomic E-state index is 13.1. The number of carbonyl (C=O) groups excluding carboxylic acids is 2. The van der Waals surface area contributed by atoms with Gasteiger partial charge in [0.15, 0.2) is 11.7 Å². The molecule has 2 aliphatic rings. The molecule has 2 atom stereocenters. The Bertz CT molecular complexity index is 1310. The minimum Gasteiger partial charge on any atom is -0.480 e. The van der Waals surface area contributed by atoms with Crippen molar-refractivity contribution in [2.24, 2.45) is 4.99 Å². The van der Waals surface area contributed by atoms with E-state index in [1.807, 2.05) is 0 Å². The van der Waals surface area contributed by atoms with Crippen molar-refractivity contribution >= 4 is 33.6 Å². The van der Waals surface area contributed by atoms with E-state index in [0.29, 0.717) is 24.4 Å². The SMILES string of the molecule is O=C(CNC1=NCCCN1)Cc1ccc(CC(NC(=O)[C@@H]2CCCN2S(=O)(=O)c2ccccc2)C(=O)O)cc1. The summed E-state index contributed by atoms with van der Waals surface area (Å²) in [7, 11) is -3.89. The zero-order valence-electron chi connectivity index (χ0n) is 21.5. The van der Waals surface area contributed by atoms with E-state index in [9.17, 15) is 27.9 Å². The molecule has 1 fully saturated rings. The molecule has 1 unspecified atom stereocenters. The van der Waals surface area contributed by atoms with Gasteiger partial charge in [0.2, 0.25) is 15.9 Å². The molecule has 208 valence electrons. The van der Waals surface area contributed by atoms with Crippen molar-refractivity contribution in [2.45, 2.75) is 49.1 Å². The van der Waals surface area contributed by atoms with Gasteiger partial charge in [0.1, 0.15) is 12.1 Å². The zero-order chi connectivity index (χ0) is 27.8. The largest absolute Gasteiger partial charge is 0.480 e. The first-order valence-electron chi connectivity index (χ1n) is 13.0. The van der Waals surface area contributed by atoms with Gasteiger partial charge in [-0.2, -0.15) is 4.31 Å². The van der Waals surface area contributed by atoms with Crippen LogP contribution in [0.2, 0.25) is 0 Å². The van der Waals surface area contributed by atoms with Crippen molar-refractivity contribution < 1.29 is 27.9 Å². The summed E-state index contributed by atoms with van der Waals surface area (Å²) >= 11 is 0. The molecule has 0 spiro atoms. The normalized spacial score (nSPS) is 18.5. The van der Waals surface area contributed by atoms with Crippen LogP contribution >= 0.6 is 0 Å². The van der Waals surface area contributed by atoms with Crippen LogP contribution in [0.5, 0.6) is 0 Å². The van der Waals surface area contributed by atoms with Gasteiger partial charge >= 0.3 is 5.97 Å². The molecule has 0 aliphatic carbocycles. The van der Waals surface area contributed by atoms with Crippen LogP contribution < -0.4 is 16.0 Å². The molecule has 0 aromatic heterocycles. The van der Waals surface area contributed by atoms with Crippen LogP contribution in [0, 0.1) is 0 Å². The maximum atomic E-state index is 13.1. The molecule has 0 bridgehead atoms. The van der Waals surface area contributed by atoms with Crippen molar-refractivity contribution in [2.75, 3.05) is 26.2 Å². The third kappa shape index (κ3) is 7.42. The van der Waals surface area contributed by atoms with E-state index < -0.39 is 34.0 Å². The first-order chi connectivity index (χ1) is 18.7. The van der Waals surface area contributed by atoms with Crippen molar-refractivity contribution in [1.29, 1.82) is 0 Å². The van der Waals surface area contributed by atoms with Crippen molar-refractivity contribution in [3.8, 4) is 0 Å². The van der Waals surface area contributed by atoms with Gasteiger partial charge in [0, 0.05) is 32.5 Å². The predicted molar refractivity (Wildman–Crippen MR) is 145 cm³/mol. The minimum absolute atomic E-state index is 0.0138. The minimum atomic E-state index is -3.89. The van der Waals surface area contributed by atoms with Crippen LogP contribution in [-0.2, 0) is 37.2 Å². The molecule has 2 heterocycles. The molecule has 2 aromatic carbocycles. The van der Waals surface area contributed by atoms with Gasteiger partial charge in [-0.25, -0.2) is 13.2 Å². The van der Waals surface area contributed by atoms with Gasteiger partial charge in [-0.05, 0) is 42.5 Å². The number of Topliss-reactive ketones (excluding diaryl/α,β-unsaturated/α-hetero) is 1. The summed E-state index contributed by atoms with van der Waals surface area (Å²) in [4.78, 5) is 41.7. The van der Waals surface area contributed by atoms with E-state index in [1.165, 1.54) is 12.1 Å². The molecule has 2 aliphatic heterocycles. The van der Waals surface area contributed by atoms with E-state index in [-0.39, 0.29) is 36.6 Å². The average molecular weight is 556 g/mol. The van der Waals surface area contributed by atoms with Crippen molar-refractivity contribution in [3.05, 3.63) is 65.7 Å². The molecule has 1 amide bonds. The number of guanidine groups is 1. The van der Waals surface area contributed by atoms with Crippen LogP contribution in [0.25, 0.3) is 0 Å². The number of carboxylic acids is 1. The number of carbonyl (C=O) groups is 3. The zero-order valence-corrected chi connectivity index (χ0v) is 22.3. The lowest BCUT2D eigenvalue weighted by atomic mass is 10.0. The van der Waals surface area contributed by atoms with Crippen molar-refractivity contribution in [1.82, 2.24) is 20.3 Å². The molecule has 4 rings (SSSR count). The predicted octanol–water partition coefficient (Wildman–Crippen LogP) is 0.702. The number of aliphatic imine (C=N–C) groups is 1. The topological polar surface area (TPSA) is 157 Å². The van der Waals surface area contributed by atoms with Gasteiger partial charge in [-0.1, -0.05) is 42.5 Å². The molecule has 0 radical (unpaired) electrons. The summed E-state index contributed by atoms with van der Waals surface area (Å²) in [6, 6.07) is 12.6. The Kier molecular flexibility index (Phi) is 9.31. The van der Waals surface area contributed by atoms with E-state index in [2.05, 4.69) is 20.9 Å². The summed E-state index contributed by atoms with van der Waals surface area (Å²) in [6.45, 7) is 1.89. The fourth-order valence-corrected chi connectivity index (χ4v) is 6.32. The maximum Gasteiger partial charge on any atom is 0.326 e. The number of sulfonamides is 1. The highest BCUT2D eigenvalue weighted by molar-refractivity contribution is 7.89. The highest BCUT2D eigenvalue weighted by atomic mass is 32.2. The summed E-state index contributed by atoms with van der Waals surface area (Å²) in [6.07, 6.45) is 2.01. The third-order valence-electron chi connectivity index (χ3n) is 6.69. The molecule has 39 heavy (non-hydrogen) atoms. The Balaban J connectivity index is 1.33. The van der Waals surface area contributed by atoms with Gasteiger partial charge in [-0.3, -0.25) is 14.6 Å². The fraction of sp³-hybridized carbons (Fsp3) is 0.407. The Morgan fingerprint density at radius 3 is 2.44 bits per heavy atom. The summed E-state index contributed by atoms with van der Waals surface area (Å²) in [5.41, 5.74) is 1.45. The monoisotopic (exact) mass is 555 g/mol. The Morgan fingerprint density at radius 2 is 1.77 bits per heavy atom. The number of rotatable bonds is 11. The summed E-state index contributed by atoms with van der Waals surface area (Å²) in [5.74, 6) is -1.24. The number of hydrogen-bond acceptors (Lipinski definition) is 8. The van der Waals surface area contributed by atoms with Gasteiger partial charge in [0.25, 0.3) is 0 Å². The average Bonchev–Trinajstić information content (AvgIpc) is 3.45. The van der Waals surface area contributed by atoms with Gasteiger partial charge in [-0.15, -0.1) is 0 Å². The number of benzene rings is 2. The van der Waals surface area contributed by atoms with Gasteiger partial charge < -0.3 is 21.1 Å². The number of nitrogens with one attached hydrogen (secondary N) is 3. The van der Waals surface area contributed by atoms with Gasteiger partial charge in [0.05, 0.1) is 11.4 Å². The number of nitrogens with zero attached hydrogens (tertiary/aromatic N) is 2. The second-order valence-corrected chi connectivity index (χ2v) is 11.5. The number of hydrogen-bond donors (Lipinski definition) is 4. The molecule has 11 nitrogen and oxygen atoms in total. The molecule has 4 N–H and O–H groups in total. The molecule has 1 saturated heterocycles. The second-order valence-electron chi connectivity index (χ2n) is 9.59. The smallest absolute Gasteiger partial charge is 0.326 e. The third-order valence-corrected chi connectivity index (χ3v) is 8.61. The van der Waals surface area contributed by atoms with E-state index in [4.69, 9.17) is 0 Å². The Morgan fingerprint density at radius 1 is 1.05 bits per heavy atom. The summed E-state index contributed by atoms with van der Waals surface area (Å²) < 4.78 is 27.3. The van der Waals surface area contributed by atoms with Crippen molar-refractivity contribution in [3.63, 3.8) is 0 Å². The van der Waals surface area contributed by atoms with Crippen LogP contribution in [0.15, 0.2) is 64.5 Å². The Hall–Kier alpha value is -3.77. The number of amides is 1. The highest BCUT2D eigenvalue weighted by Crippen LogP contribution is 2.26. The fourth-order valence-electron chi connectivity index (χ4n) is 4.64. The molecule has 0 saturated carbocycles. The molecule has 2 aromatic rings. The number of aliphatic carboxylic acids is 1. The lowest BCUT2D eigenvalue weighted by molar-refractivity contribution is -0.142. The molecular formula is C27H33N5O6S. The summed E-state index contributed by atoms with van der Waals surface area (Å²) in [5, 5.41) is 18.4.